The van der Waals surface area contributed by atoms with Gasteiger partial charge in [0, 0.05) is 57.6 Å². The SMILES string of the molecule is CCOC(=O)c1cnc(N2CCN(CCOCCN3CCB(C#N)CC3)CC2)nc1. The van der Waals surface area contributed by atoms with Gasteiger partial charge in [-0.1, -0.05) is 0 Å². The van der Waals surface area contributed by atoms with Crippen molar-refractivity contribution in [2.45, 2.75) is 19.6 Å². The number of aromatic nitrogens is 2. The van der Waals surface area contributed by atoms with Crippen LogP contribution in [0.15, 0.2) is 12.4 Å². The van der Waals surface area contributed by atoms with Crippen LogP contribution in [0.5, 0.6) is 0 Å². The summed E-state index contributed by atoms with van der Waals surface area (Å²) in [5.74, 6) is 2.63. The van der Waals surface area contributed by atoms with Crippen molar-refractivity contribution < 1.29 is 14.3 Å². The third kappa shape index (κ3) is 6.66. The topological polar surface area (TPSA) is 94.8 Å². The zero-order valence-corrected chi connectivity index (χ0v) is 17.8. The molecule has 0 unspecified atom stereocenters. The molecular weight excluding hydrogens is 383 g/mol. The third-order valence-corrected chi connectivity index (χ3v) is 5.68. The Morgan fingerprint density at radius 3 is 2.23 bits per heavy atom. The lowest BCUT2D eigenvalue weighted by molar-refractivity contribution is 0.0525. The summed E-state index contributed by atoms with van der Waals surface area (Å²) in [6, 6.07) is 0. The second kappa shape index (κ2) is 11.8. The van der Waals surface area contributed by atoms with Crippen molar-refractivity contribution in [1.29, 1.82) is 5.26 Å². The molecule has 9 nitrogen and oxygen atoms in total. The first kappa shape index (κ1) is 22.5. The summed E-state index contributed by atoms with van der Waals surface area (Å²) < 4.78 is 10.8. The second-order valence-electron chi connectivity index (χ2n) is 7.68. The number of esters is 1. The number of hydrogen-bond acceptors (Lipinski definition) is 9. The van der Waals surface area contributed by atoms with E-state index in [9.17, 15) is 4.79 Å². The van der Waals surface area contributed by atoms with Gasteiger partial charge in [0.15, 0.2) is 0 Å². The standard InChI is InChI=1S/C20H31BN6O3/c1-2-30-19(28)18-15-23-20(24-16-18)27-9-7-26(8-10-27)12-14-29-13-11-25-5-3-21(17-22)4-6-25/h15-16H,2-14H2,1H3. The molecule has 0 bridgehead atoms. The van der Waals surface area contributed by atoms with Crippen LogP contribution in [0.4, 0.5) is 5.95 Å². The predicted molar refractivity (Wildman–Crippen MR) is 115 cm³/mol. The van der Waals surface area contributed by atoms with E-state index in [-0.39, 0.29) is 12.7 Å². The minimum absolute atomic E-state index is 0.238. The highest BCUT2D eigenvalue weighted by atomic mass is 16.5. The molecule has 1 aromatic rings. The average molecular weight is 414 g/mol. The lowest BCUT2D eigenvalue weighted by Crippen LogP contribution is -2.48. The van der Waals surface area contributed by atoms with E-state index in [0.29, 0.717) is 18.1 Å². The van der Waals surface area contributed by atoms with E-state index in [1.54, 1.807) is 6.92 Å². The van der Waals surface area contributed by atoms with Crippen molar-refractivity contribution in [1.82, 2.24) is 19.8 Å². The molecule has 0 N–H and O–H groups in total. The van der Waals surface area contributed by atoms with Crippen LogP contribution in [0, 0.1) is 11.2 Å². The molecule has 30 heavy (non-hydrogen) atoms. The summed E-state index contributed by atoms with van der Waals surface area (Å²) in [6.45, 7) is 11.3. The molecule has 0 atom stereocenters. The molecule has 162 valence electrons. The maximum Gasteiger partial charge on any atom is 0.341 e. The van der Waals surface area contributed by atoms with E-state index in [1.807, 2.05) is 0 Å². The van der Waals surface area contributed by atoms with Crippen molar-refractivity contribution in [2.75, 3.05) is 77.1 Å². The van der Waals surface area contributed by atoms with Gasteiger partial charge in [0.25, 0.3) is 6.71 Å². The average Bonchev–Trinajstić information content (AvgIpc) is 2.80. The zero-order chi connectivity index (χ0) is 21.2. The van der Waals surface area contributed by atoms with Gasteiger partial charge < -0.3 is 19.3 Å². The molecule has 2 saturated heterocycles. The molecule has 0 saturated carbocycles. The summed E-state index contributed by atoms with van der Waals surface area (Å²) in [5, 5.41) is 8.95. The number of anilines is 1. The van der Waals surface area contributed by atoms with Crippen molar-refractivity contribution >= 4 is 18.6 Å². The molecule has 2 aliphatic heterocycles. The first-order chi connectivity index (χ1) is 14.7. The molecular formula is C20H31BN6O3. The Bertz CT molecular complexity index is 697. The summed E-state index contributed by atoms with van der Waals surface area (Å²) in [5.41, 5.74) is 0.380. The first-order valence-corrected chi connectivity index (χ1v) is 10.9. The highest BCUT2D eigenvalue weighted by Crippen LogP contribution is 2.12. The fourth-order valence-corrected chi connectivity index (χ4v) is 3.75. The fraction of sp³-hybridized carbons (Fsp3) is 0.700. The van der Waals surface area contributed by atoms with E-state index in [2.05, 4.69) is 30.6 Å². The van der Waals surface area contributed by atoms with Crippen LogP contribution in [0.25, 0.3) is 0 Å². The van der Waals surface area contributed by atoms with E-state index >= 15 is 0 Å². The van der Waals surface area contributed by atoms with Gasteiger partial charge in [0.05, 0.1) is 25.4 Å². The van der Waals surface area contributed by atoms with Crippen molar-refractivity contribution in [3.05, 3.63) is 18.0 Å². The van der Waals surface area contributed by atoms with Crippen LogP contribution in [-0.4, -0.2) is 105 Å². The summed E-state index contributed by atoms with van der Waals surface area (Å²) in [7, 11) is 0. The Labute approximate surface area is 179 Å². The largest absolute Gasteiger partial charge is 0.462 e. The summed E-state index contributed by atoms with van der Waals surface area (Å²) in [6.07, 6.45) is 5.03. The van der Waals surface area contributed by atoms with E-state index in [4.69, 9.17) is 14.7 Å². The van der Waals surface area contributed by atoms with Gasteiger partial charge in [-0.15, -0.1) is 0 Å². The lowest BCUT2D eigenvalue weighted by Gasteiger charge is -2.34. The van der Waals surface area contributed by atoms with Gasteiger partial charge in [0.1, 0.15) is 0 Å². The lowest BCUT2D eigenvalue weighted by atomic mass is 9.45. The number of nitrogens with zero attached hydrogens (tertiary/aromatic N) is 6. The molecule has 3 rings (SSSR count). The molecule has 1 aromatic heterocycles. The van der Waals surface area contributed by atoms with Crippen LogP contribution in [-0.2, 0) is 9.47 Å². The number of carbonyl (C=O) groups is 1. The molecule has 0 aromatic carbocycles. The molecule has 2 fully saturated rings. The fourth-order valence-electron chi connectivity index (χ4n) is 3.75. The molecule has 0 radical (unpaired) electrons. The highest BCUT2D eigenvalue weighted by molar-refractivity contribution is 6.67. The third-order valence-electron chi connectivity index (χ3n) is 5.68. The molecule has 3 heterocycles. The van der Waals surface area contributed by atoms with Gasteiger partial charge in [-0.2, -0.15) is 0 Å². The quantitative estimate of drug-likeness (QED) is 0.328. The smallest absolute Gasteiger partial charge is 0.341 e. The molecule has 0 amide bonds. The van der Waals surface area contributed by atoms with Crippen molar-refractivity contribution in [2.24, 2.45) is 0 Å². The number of rotatable bonds is 9. The van der Waals surface area contributed by atoms with Gasteiger partial charge in [-0.05, 0) is 32.7 Å². The van der Waals surface area contributed by atoms with Gasteiger partial charge >= 0.3 is 5.97 Å². The maximum atomic E-state index is 11.7. The predicted octanol–water partition coefficient (Wildman–Crippen LogP) is 0.665. The number of piperazine rings is 1. The Morgan fingerprint density at radius 2 is 1.67 bits per heavy atom. The zero-order valence-electron chi connectivity index (χ0n) is 17.8. The molecule has 10 heteroatoms. The van der Waals surface area contributed by atoms with Crippen LogP contribution in [0.3, 0.4) is 0 Å². The Balaban J connectivity index is 1.28. The first-order valence-electron chi connectivity index (χ1n) is 10.9. The number of hydrogen-bond donors (Lipinski definition) is 0. The number of nitriles is 1. The molecule has 0 spiro atoms. The van der Waals surface area contributed by atoms with Crippen LogP contribution in [0.2, 0.25) is 12.6 Å². The highest BCUT2D eigenvalue weighted by Gasteiger charge is 2.22. The Kier molecular flexibility index (Phi) is 8.87. The second-order valence-corrected chi connectivity index (χ2v) is 7.68. The van der Waals surface area contributed by atoms with Crippen LogP contribution < -0.4 is 4.90 Å². The van der Waals surface area contributed by atoms with E-state index in [1.165, 1.54) is 12.4 Å². The molecule has 0 aliphatic carbocycles. The number of ether oxygens (including phenoxy) is 2. The Morgan fingerprint density at radius 1 is 1.07 bits per heavy atom. The van der Waals surface area contributed by atoms with Crippen molar-refractivity contribution in [3.63, 3.8) is 0 Å². The van der Waals surface area contributed by atoms with E-state index in [0.717, 1.165) is 78.2 Å². The summed E-state index contributed by atoms with van der Waals surface area (Å²) in [4.78, 5) is 27.2. The van der Waals surface area contributed by atoms with E-state index < -0.39 is 0 Å². The van der Waals surface area contributed by atoms with Crippen molar-refractivity contribution in [3.8, 4) is 5.97 Å². The normalized spacial score (nSPS) is 18.3. The Hall–Kier alpha value is -2.22. The minimum Gasteiger partial charge on any atom is -0.462 e. The summed E-state index contributed by atoms with van der Waals surface area (Å²) >= 11 is 0. The van der Waals surface area contributed by atoms with Gasteiger partial charge in [-0.25, -0.2) is 20.0 Å². The van der Waals surface area contributed by atoms with Gasteiger partial charge in [0.2, 0.25) is 5.95 Å². The number of carbonyl (C=O) groups excluding carboxylic acids is 1. The van der Waals surface area contributed by atoms with Crippen LogP contribution in [0.1, 0.15) is 17.3 Å². The van der Waals surface area contributed by atoms with Crippen LogP contribution >= 0.6 is 0 Å². The monoisotopic (exact) mass is 414 g/mol. The molecule has 2 aliphatic rings. The minimum atomic E-state index is -0.388. The maximum absolute atomic E-state index is 11.7. The van der Waals surface area contributed by atoms with Gasteiger partial charge in [-0.3, -0.25) is 4.90 Å².